The maximum atomic E-state index is 12.8. The van der Waals surface area contributed by atoms with Crippen molar-refractivity contribution in [1.82, 2.24) is 19.8 Å². The Morgan fingerprint density at radius 3 is 2.69 bits per heavy atom. The Labute approximate surface area is 154 Å². The zero-order valence-corrected chi connectivity index (χ0v) is 15.7. The van der Waals surface area contributed by atoms with Gasteiger partial charge in [0, 0.05) is 33.0 Å². The summed E-state index contributed by atoms with van der Waals surface area (Å²) in [5.41, 5.74) is 1.92. The van der Waals surface area contributed by atoms with E-state index < -0.39 is 0 Å². The van der Waals surface area contributed by atoms with Crippen LogP contribution in [0.15, 0.2) is 24.3 Å². The second kappa shape index (κ2) is 8.34. The molecular formula is C20H28N4O2. The maximum Gasteiger partial charge on any atom is 0.242 e. The van der Waals surface area contributed by atoms with Crippen molar-refractivity contribution in [3.63, 3.8) is 0 Å². The summed E-state index contributed by atoms with van der Waals surface area (Å²) in [5.74, 6) is 1.77. The number of hydrogen-bond donors (Lipinski definition) is 1. The molecule has 0 saturated carbocycles. The minimum absolute atomic E-state index is 0.0204. The van der Waals surface area contributed by atoms with Gasteiger partial charge >= 0.3 is 0 Å². The fourth-order valence-electron chi connectivity index (χ4n) is 3.50. The molecule has 6 nitrogen and oxygen atoms in total. The molecule has 2 heterocycles. The maximum absolute atomic E-state index is 12.8. The molecule has 6 heteroatoms. The second-order valence-electron chi connectivity index (χ2n) is 7.25. The largest absolute Gasteiger partial charge is 0.356 e. The molecular weight excluding hydrogens is 328 g/mol. The highest BCUT2D eigenvalue weighted by molar-refractivity contribution is 5.81. The quantitative estimate of drug-likeness (QED) is 0.808. The van der Waals surface area contributed by atoms with Crippen LogP contribution in [-0.4, -0.2) is 45.9 Å². The Kier molecular flexibility index (Phi) is 5.91. The van der Waals surface area contributed by atoms with Gasteiger partial charge in [-0.15, -0.1) is 0 Å². The minimum Gasteiger partial charge on any atom is -0.356 e. The van der Waals surface area contributed by atoms with Crippen molar-refractivity contribution in [2.45, 2.75) is 46.1 Å². The van der Waals surface area contributed by atoms with E-state index in [2.05, 4.69) is 12.2 Å². The Morgan fingerprint density at radius 1 is 1.23 bits per heavy atom. The first-order valence-corrected chi connectivity index (χ1v) is 9.51. The Hall–Kier alpha value is -2.37. The van der Waals surface area contributed by atoms with Crippen LogP contribution < -0.4 is 5.32 Å². The predicted molar refractivity (Wildman–Crippen MR) is 102 cm³/mol. The highest BCUT2D eigenvalue weighted by Gasteiger charge is 2.22. The van der Waals surface area contributed by atoms with Crippen molar-refractivity contribution in [2.24, 2.45) is 5.92 Å². The number of benzene rings is 1. The number of amides is 2. The van der Waals surface area contributed by atoms with Crippen LogP contribution in [0.1, 0.15) is 38.9 Å². The van der Waals surface area contributed by atoms with E-state index in [1.54, 1.807) is 0 Å². The summed E-state index contributed by atoms with van der Waals surface area (Å²) in [6, 6.07) is 7.95. The first-order valence-electron chi connectivity index (χ1n) is 9.51. The lowest BCUT2D eigenvalue weighted by molar-refractivity contribution is -0.133. The third-order valence-electron chi connectivity index (χ3n) is 5.11. The number of imidazole rings is 1. The van der Waals surface area contributed by atoms with E-state index in [-0.39, 0.29) is 11.8 Å². The Morgan fingerprint density at radius 2 is 1.96 bits per heavy atom. The van der Waals surface area contributed by atoms with Crippen molar-refractivity contribution in [3.05, 3.63) is 30.1 Å². The van der Waals surface area contributed by atoms with Crippen molar-refractivity contribution < 1.29 is 9.59 Å². The van der Waals surface area contributed by atoms with Crippen LogP contribution in [0.2, 0.25) is 0 Å². The zero-order valence-electron chi connectivity index (χ0n) is 15.7. The standard InChI is InChI=1S/C20H28N4O2/c1-15-9-12-23(13-10-15)20(26)14-24-18-7-4-3-6-17(18)22-19(24)8-5-11-21-16(2)25/h3-4,6-7,15H,5,8-14H2,1-2H3,(H,21,25). The van der Waals surface area contributed by atoms with Crippen LogP contribution >= 0.6 is 0 Å². The first-order chi connectivity index (χ1) is 12.5. The van der Waals surface area contributed by atoms with Gasteiger partial charge < -0.3 is 14.8 Å². The van der Waals surface area contributed by atoms with Crippen LogP contribution in [0, 0.1) is 5.92 Å². The molecule has 1 saturated heterocycles. The highest BCUT2D eigenvalue weighted by Crippen LogP contribution is 2.20. The molecule has 0 aliphatic carbocycles. The Balaban J connectivity index is 1.73. The van der Waals surface area contributed by atoms with Crippen LogP contribution in [-0.2, 0) is 22.6 Å². The van der Waals surface area contributed by atoms with Gasteiger partial charge in [0.15, 0.2) is 0 Å². The van der Waals surface area contributed by atoms with E-state index >= 15 is 0 Å². The van der Waals surface area contributed by atoms with E-state index in [1.165, 1.54) is 6.92 Å². The molecule has 1 N–H and O–H groups in total. The summed E-state index contributed by atoms with van der Waals surface area (Å²) in [4.78, 5) is 30.5. The molecule has 140 valence electrons. The molecule has 1 aliphatic heterocycles. The van der Waals surface area contributed by atoms with Gasteiger partial charge in [-0.25, -0.2) is 4.98 Å². The van der Waals surface area contributed by atoms with Crippen molar-refractivity contribution in [1.29, 1.82) is 0 Å². The van der Waals surface area contributed by atoms with Gasteiger partial charge in [0.2, 0.25) is 11.8 Å². The molecule has 1 aromatic heterocycles. The summed E-state index contributed by atoms with van der Waals surface area (Å²) in [7, 11) is 0. The fraction of sp³-hybridized carbons (Fsp3) is 0.550. The van der Waals surface area contributed by atoms with Gasteiger partial charge in [0.1, 0.15) is 12.4 Å². The highest BCUT2D eigenvalue weighted by atomic mass is 16.2. The lowest BCUT2D eigenvalue weighted by Gasteiger charge is -2.30. The van der Waals surface area contributed by atoms with E-state index in [0.29, 0.717) is 19.0 Å². The number of likely N-dealkylation sites (tertiary alicyclic amines) is 1. The second-order valence-corrected chi connectivity index (χ2v) is 7.25. The lowest BCUT2D eigenvalue weighted by atomic mass is 9.99. The summed E-state index contributed by atoms with van der Waals surface area (Å²) in [6.07, 6.45) is 3.71. The number of carbonyl (C=O) groups is 2. The van der Waals surface area contributed by atoms with Crippen LogP contribution in [0.5, 0.6) is 0 Å². The van der Waals surface area contributed by atoms with E-state index in [9.17, 15) is 9.59 Å². The molecule has 1 aromatic carbocycles. The number of nitrogens with one attached hydrogen (secondary N) is 1. The number of carbonyl (C=O) groups excluding carboxylic acids is 2. The van der Waals surface area contributed by atoms with E-state index in [4.69, 9.17) is 4.98 Å². The molecule has 0 bridgehead atoms. The lowest BCUT2D eigenvalue weighted by Crippen LogP contribution is -2.40. The monoisotopic (exact) mass is 356 g/mol. The topological polar surface area (TPSA) is 67.2 Å². The molecule has 2 amide bonds. The number of fused-ring (bicyclic) bond motifs is 1. The van der Waals surface area contributed by atoms with E-state index in [1.807, 2.05) is 33.7 Å². The molecule has 0 unspecified atom stereocenters. The van der Waals surface area contributed by atoms with Gasteiger partial charge in [-0.1, -0.05) is 19.1 Å². The van der Waals surface area contributed by atoms with Gasteiger partial charge in [0.05, 0.1) is 11.0 Å². The van der Waals surface area contributed by atoms with Crippen LogP contribution in [0.25, 0.3) is 11.0 Å². The summed E-state index contributed by atoms with van der Waals surface area (Å²) in [5, 5.41) is 2.81. The number of piperidine rings is 1. The zero-order chi connectivity index (χ0) is 18.5. The van der Waals surface area contributed by atoms with Gasteiger partial charge in [-0.2, -0.15) is 0 Å². The van der Waals surface area contributed by atoms with Crippen molar-refractivity contribution in [2.75, 3.05) is 19.6 Å². The van der Waals surface area contributed by atoms with Gasteiger partial charge in [-0.3, -0.25) is 9.59 Å². The van der Waals surface area contributed by atoms with Gasteiger partial charge in [0.25, 0.3) is 0 Å². The summed E-state index contributed by atoms with van der Waals surface area (Å²) >= 11 is 0. The first kappa shape index (κ1) is 18.4. The average Bonchev–Trinajstić information content (AvgIpc) is 2.97. The summed E-state index contributed by atoms with van der Waals surface area (Å²) in [6.45, 7) is 6.43. The van der Waals surface area contributed by atoms with Gasteiger partial charge in [-0.05, 0) is 37.3 Å². The molecule has 1 fully saturated rings. The van der Waals surface area contributed by atoms with Crippen molar-refractivity contribution >= 4 is 22.8 Å². The molecule has 0 radical (unpaired) electrons. The smallest absolute Gasteiger partial charge is 0.242 e. The molecule has 2 aromatic rings. The van der Waals surface area contributed by atoms with Crippen LogP contribution in [0.3, 0.4) is 0 Å². The number of aromatic nitrogens is 2. The minimum atomic E-state index is -0.0204. The summed E-state index contributed by atoms with van der Waals surface area (Å²) < 4.78 is 2.05. The number of aryl methyl sites for hydroxylation is 1. The van der Waals surface area contributed by atoms with E-state index in [0.717, 1.165) is 55.6 Å². The molecule has 3 rings (SSSR count). The van der Waals surface area contributed by atoms with Crippen LogP contribution in [0.4, 0.5) is 0 Å². The third kappa shape index (κ3) is 4.42. The molecule has 0 atom stereocenters. The third-order valence-corrected chi connectivity index (χ3v) is 5.11. The number of rotatable bonds is 6. The average molecular weight is 356 g/mol. The SMILES string of the molecule is CC(=O)NCCCc1nc2ccccc2n1CC(=O)N1CCC(C)CC1. The van der Waals surface area contributed by atoms with Crippen molar-refractivity contribution in [3.8, 4) is 0 Å². The fourth-order valence-corrected chi connectivity index (χ4v) is 3.50. The molecule has 1 aliphatic rings. The molecule has 0 spiro atoms. The molecule has 26 heavy (non-hydrogen) atoms. The number of hydrogen-bond acceptors (Lipinski definition) is 3. The predicted octanol–water partition coefficient (Wildman–Crippen LogP) is 2.36. The number of para-hydroxylation sites is 2. The number of nitrogens with zero attached hydrogens (tertiary/aromatic N) is 3. The normalized spacial score (nSPS) is 15.4. The Bertz CT molecular complexity index is 775.